The number of halogens is 3. The highest BCUT2D eigenvalue weighted by Gasteiger charge is 2.42. The number of carbonyl (C=O) groups excluding carboxylic acids is 1. The van der Waals surface area contributed by atoms with Crippen LogP contribution in [-0.2, 0) is 0 Å². The number of pyridine rings is 1. The molecule has 0 saturated heterocycles. The van der Waals surface area contributed by atoms with E-state index in [1.54, 1.807) is 12.1 Å². The Balaban J connectivity index is 1.59. The highest BCUT2D eigenvalue weighted by atomic mass is 35.5. The van der Waals surface area contributed by atoms with Gasteiger partial charge in [0, 0.05) is 23.7 Å². The van der Waals surface area contributed by atoms with E-state index in [1.807, 2.05) is 0 Å². The molecule has 22 heavy (non-hydrogen) atoms. The molecule has 1 fully saturated rings. The lowest BCUT2D eigenvalue weighted by Gasteiger charge is -2.08. The van der Waals surface area contributed by atoms with E-state index in [4.69, 9.17) is 11.6 Å². The molecule has 0 radical (unpaired) electrons. The van der Waals surface area contributed by atoms with Gasteiger partial charge in [-0.15, -0.1) is 0 Å². The van der Waals surface area contributed by atoms with Crippen LogP contribution >= 0.6 is 11.6 Å². The molecule has 1 saturated carbocycles. The summed E-state index contributed by atoms with van der Waals surface area (Å²) < 4.78 is 27.3. The number of hydrogen-bond acceptors (Lipinski definition) is 2. The van der Waals surface area contributed by atoms with Gasteiger partial charge in [0.25, 0.3) is 0 Å². The SMILES string of the molecule is O=C(Nc1ccc(Cl)cn1)N[C@H]1C[C@H]1c1c(F)cccc1F. The Morgan fingerprint density at radius 3 is 2.59 bits per heavy atom. The Kier molecular flexibility index (Phi) is 3.94. The predicted octanol–water partition coefficient (Wildman–Crippen LogP) is 3.69. The number of nitrogens with zero attached hydrogens (tertiary/aromatic N) is 1. The minimum Gasteiger partial charge on any atom is -0.334 e. The number of aromatic nitrogens is 1. The second kappa shape index (κ2) is 5.88. The molecule has 7 heteroatoms. The van der Waals surface area contributed by atoms with Gasteiger partial charge >= 0.3 is 6.03 Å². The molecule has 1 aromatic carbocycles. The highest BCUT2D eigenvalue weighted by molar-refractivity contribution is 6.30. The number of carbonyl (C=O) groups is 1. The summed E-state index contributed by atoms with van der Waals surface area (Å²) >= 11 is 5.70. The first kappa shape index (κ1) is 14.7. The molecule has 1 aliphatic carbocycles. The number of amides is 2. The lowest BCUT2D eigenvalue weighted by molar-refractivity contribution is 0.251. The first-order chi connectivity index (χ1) is 10.5. The molecule has 3 rings (SSSR count). The molecular weight excluding hydrogens is 312 g/mol. The van der Waals surface area contributed by atoms with Crippen LogP contribution in [-0.4, -0.2) is 17.1 Å². The third-order valence-electron chi connectivity index (χ3n) is 3.45. The topological polar surface area (TPSA) is 54.0 Å². The molecule has 114 valence electrons. The molecule has 0 spiro atoms. The van der Waals surface area contributed by atoms with Gasteiger partial charge in [0.2, 0.25) is 0 Å². The zero-order valence-electron chi connectivity index (χ0n) is 11.3. The zero-order valence-corrected chi connectivity index (χ0v) is 12.1. The van der Waals surface area contributed by atoms with Crippen LogP contribution in [0.2, 0.25) is 5.02 Å². The summed E-state index contributed by atoms with van der Waals surface area (Å²) in [6.45, 7) is 0. The fraction of sp³-hybridized carbons (Fsp3) is 0.200. The van der Waals surface area contributed by atoms with E-state index in [2.05, 4.69) is 15.6 Å². The van der Waals surface area contributed by atoms with E-state index in [1.165, 1.54) is 24.4 Å². The average molecular weight is 324 g/mol. The molecule has 0 unspecified atom stereocenters. The predicted molar refractivity (Wildman–Crippen MR) is 78.9 cm³/mol. The smallest absolute Gasteiger partial charge is 0.320 e. The van der Waals surface area contributed by atoms with Crippen molar-refractivity contribution in [2.45, 2.75) is 18.4 Å². The number of benzene rings is 1. The molecule has 2 N–H and O–H groups in total. The maximum absolute atomic E-state index is 13.6. The van der Waals surface area contributed by atoms with Gasteiger partial charge in [-0.05, 0) is 30.7 Å². The van der Waals surface area contributed by atoms with Crippen LogP contribution in [0.15, 0.2) is 36.5 Å². The summed E-state index contributed by atoms with van der Waals surface area (Å²) in [5.74, 6) is -1.18. The van der Waals surface area contributed by atoms with Gasteiger partial charge in [-0.1, -0.05) is 17.7 Å². The van der Waals surface area contributed by atoms with E-state index in [9.17, 15) is 13.6 Å². The van der Waals surface area contributed by atoms with Crippen molar-refractivity contribution >= 4 is 23.4 Å². The summed E-state index contributed by atoms with van der Waals surface area (Å²) in [6.07, 6.45) is 1.91. The third-order valence-corrected chi connectivity index (χ3v) is 3.67. The Morgan fingerprint density at radius 2 is 1.95 bits per heavy atom. The summed E-state index contributed by atoms with van der Waals surface area (Å²) in [5.41, 5.74) is 0.0254. The van der Waals surface area contributed by atoms with Crippen molar-refractivity contribution in [1.82, 2.24) is 10.3 Å². The maximum Gasteiger partial charge on any atom is 0.320 e. The largest absolute Gasteiger partial charge is 0.334 e. The second-order valence-corrected chi connectivity index (χ2v) is 5.48. The molecule has 1 aromatic heterocycles. The van der Waals surface area contributed by atoms with Crippen molar-refractivity contribution in [1.29, 1.82) is 0 Å². The van der Waals surface area contributed by atoms with E-state index < -0.39 is 17.7 Å². The van der Waals surface area contributed by atoms with Crippen LogP contribution in [0.4, 0.5) is 19.4 Å². The fourth-order valence-corrected chi connectivity index (χ4v) is 2.42. The molecule has 2 aromatic rings. The number of urea groups is 1. The molecule has 0 bridgehead atoms. The lowest BCUT2D eigenvalue weighted by Crippen LogP contribution is -2.31. The Labute approximate surface area is 130 Å². The van der Waals surface area contributed by atoms with Crippen molar-refractivity contribution < 1.29 is 13.6 Å². The average Bonchev–Trinajstić information content (AvgIpc) is 3.20. The van der Waals surface area contributed by atoms with Crippen LogP contribution in [0.5, 0.6) is 0 Å². The Bertz CT molecular complexity index is 688. The summed E-state index contributed by atoms with van der Waals surface area (Å²) in [4.78, 5) is 15.7. The van der Waals surface area contributed by atoms with Crippen molar-refractivity contribution in [3.8, 4) is 0 Å². The molecule has 0 aliphatic heterocycles. The minimum absolute atomic E-state index is 0.0254. The van der Waals surface area contributed by atoms with E-state index in [0.717, 1.165) is 0 Å². The van der Waals surface area contributed by atoms with Crippen LogP contribution in [0.3, 0.4) is 0 Å². The number of hydrogen-bond donors (Lipinski definition) is 2. The Morgan fingerprint density at radius 1 is 1.23 bits per heavy atom. The van der Waals surface area contributed by atoms with Crippen molar-refractivity contribution in [2.75, 3.05) is 5.32 Å². The summed E-state index contributed by atoms with van der Waals surface area (Å²) in [7, 11) is 0. The van der Waals surface area contributed by atoms with Crippen LogP contribution in [0, 0.1) is 11.6 Å². The molecular formula is C15H12ClF2N3O. The van der Waals surface area contributed by atoms with Crippen LogP contribution in [0.25, 0.3) is 0 Å². The number of anilines is 1. The minimum atomic E-state index is -0.589. The van der Waals surface area contributed by atoms with Crippen molar-refractivity contribution in [3.05, 3.63) is 58.7 Å². The van der Waals surface area contributed by atoms with Gasteiger partial charge in [0.1, 0.15) is 17.5 Å². The molecule has 4 nitrogen and oxygen atoms in total. The van der Waals surface area contributed by atoms with E-state index in [0.29, 0.717) is 17.3 Å². The van der Waals surface area contributed by atoms with Crippen LogP contribution in [0.1, 0.15) is 17.9 Å². The Hall–Kier alpha value is -2.21. The quantitative estimate of drug-likeness (QED) is 0.905. The van der Waals surface area contributed by atoms with Crippen molar-refractivity contribution in [3.63, 3.8) is 0 Å². The molecule has 2 atom stereocenters. The van der Waals surface area contributed by atoms with Crippen molar-refractivity contribution in [2.24, 2.45) is 0 Å². The monoisotopic (exact) mass is 323 g/mol. The van der Waals surface area contributed by atoms with Gasteiger partial charge in [0.15, 0.2) is 0 Å². The summed E-state index contributed by atoms with van der Waals surface area (Å²) in [5, 5.41) is 5.66. The molecule has 1 aliphatic rings. The van der Waals surface area contributed by atoms with Gasteiger partial charge in [-0.2, -0.15) is 0 Å². The van der Waals surface area contributed by atoms with Crippen LogP contribution < -0.4 is 10.6 Å². The first-order valence-electron chi connectivity index (χ1n) is 6.67. The summed E-state index contributed by atoms with van der Waals surface area (Å²) in [6, 6.07) is 6.13. The lowest BCUT2D eigenvalue weighted by atomic mass is 10.1. The van der Waals surface area contributed by atoms with E-state index in [-0.39, 0.29) is 17.5 Å². The number of rotatable bonds is 3. The second-order valence-electron chi connectivity index (χ2n) is 5.04. The third kappa shape index (κ3) is 3.17. The highest BCUT2D eigenvalue weighted by Crippen LogP contribution is 2.43. The van der Waals surface area contributed by atoms with Gasteiger partial charge in [-0.25, -0.2) is 18.6 Å². The standard InChI is InChI=1S/C15H12ClF2N3O/c16-8-4-5-13(19-7-8)21-15(22)20-12-6-9(12)14-10(17)2-1-3-11(14)18/h1-5,7,9,12H,6H2,(H2,19,20,21,22)/t9-,12+/m1/s1. The normalized spacial score (nSPS) is 19.6. The molecule has 2 amide bonds. The fourth-order valence-electron chi connectivity index (χ4n) is 2.31. The van der Waals surface area contributed by atoms with Gasteiger partial charge < -0.3 is 5.32 Å². The maximum atomic E-state index is 13.6. The van der Waals surface area contributed by atoms with Gasteiger partial charge in [0.05, 0.1) is 5.02 Å². The van der Waals surface area contributed by atoms with E-state index >= 15 is 0 Å². The number of nitrogens with one attached hydrogen (secondary N) is 2. The first-order valence-corrected chi connectivity index (χ1v) is 7.05. The van der Waals surface area contributed by atoms with Gasteiger partial charge in [-0.3, -0.25) is 5.32 Å². The molecule has 1 heterocycles. The zero-order chi connectivity index (χ0) is 15.7.